The molecular weight excluding hydrogens is 545 g/mol. The van der Waals surface area contributed by atoms with Gasteiger partial charge in [-0.05, 0) is 79.8 Å². The molecule has 33 heavy (non-hydrogen) atoms. The Labute approximate surface area is 215 Å². The molecule has 1 saturated heterocycles. The molecule has 3 atom stereocenters. The van der Waals surface area contributed by atoms with Crippen molar-refractivity contribution >= 4 is 73.7 Å². The molecule has 3 aromatic carbocycles. The summed E-state index contributed by atoms with van der Waals surface area (Å²) >= 11 is 21.6. The van der Waals surface area contributed by atoms with E-state index in [1.54, 1.807) is 36.4 Å². The molecule has 5 nitrogen and oxygen atoms in total. The van der Waals surface area contributed by atoms with Crippen LogP contribution in [0.25, 0.3) is 0 Å². The number of carbonyl (C=O) groups is 1. The van der Waals surface area contributed by atoms with Crippen LogP contribution in [0.1, 0.15) is 18.5 Å². The Morgan fingerprint density at radius 1 is 1.12 bits per heavy atom. The van der Waals surface area contributed by atoms with Crippen LogP contribution in [0.5, 0.6) is 5.75 Å². The zero-order valence-electron chi connectivity index (χ0n) is 17.3. The molecule has 0 unspecified atom stereocenters. The number of hydrogen-bond donors (Lipinski definition) is 2. The average Bonchev–Trinajstić information content (AvgIpc) is 2.75. The first-order chi connectivity index (χ1) is 15.8. The second-order valence-electron chi connectivity index (χ2n) is 8.06. The number of nitrogens with one attached hydrogen (secondary N) is 2. The summed E-state index contributed by atoms with van der Waals surface area (Å²) in [5.74, 6) is -0.179. The maximum Gasteiger partial charge on any atom is 0.236 e. The first-order valence-electron chi connectivity index (χ1n) is 10.2. The minimum absolute atomic E-state index is 0.211. The fourth-order valence-electron chi connectivity index (χ4n) is 4.51. The minimum atomic E-state index is -1.12. The number of halogens is 3. The molecule has 0 spiro atoms. The highest BCUT2D eigenvalue weighted by molar-refractivity contribution is 9.10. The van der Waals surface area contributed by atoms with Gasteiger partial charge in [0.25, 0.3) is 0 Å². The molecular formula is C24H18BrCl2N3O2S. The number of amides is 1. The van der Waals surface area contributed by atoms with Crippen LogP contribution in [0.4, 0.5) is 11.4 Å². The highest BCUT2D eigenvalue weighted by Gasteiger charge is 2.59. The van der Waals surface area contributed by atoms with Gasteiger partial charge >= 0.3 is 0 Å². The molecule has 5 rings (SSSR count). The van der Waals surface area contributed by atoms with Crippen molar-refractivity contribution in [3.05, 3.63) is 86.8 Å². The lowest BCUT2D eigenvalue weighted by molar-refractivity contribution is -0.130. The van der Waals surface area contributed by atoms with E-state index in [0.717, 1.165) is 15.7 Å². The molecule has 2 bridgehead atoms. The Bertz CT molecular complexity index is 1270. The summed E-state index contributed by atoms with van der Waals surface area (Å²) < 4.78 is 7.45. The molecule has 2 aliphatic rings. The number of ether oxygens (including phenoxy) is 1. The quantitative estimate of drug-likeness (QED) is 0.354. The van der Waals surface area contributed by atoms with Crippen LogP contribution in [0.2, 0.25) is 10.0 Å². The van der Waals surface area contributed by atoms with E-state index < -0.39 is 17.7 Å². The van der Waals surface area contributed by atoms with E-state index in [9.17, 15) is 4.79 Å². The maximum absolute atomic E-state index is 13.7. The van der Waals surface area contributed by atoms with Crippen molar-refractivity contribution in [1.29, 1.82) is 0 Å². The highest BCUT2D eigenvalue weighted by atomic mass is 79.9. The lowest BCUT2D eigenvalue weighted by Gasteiger charge is -2.56. The third-order valence-electron chi connectivity index (χ3n) is 5.92. The smallest absolute Gasteiger partial charge is 0.236 e. The maximum atomic E-state index is 13.7. The zero-order valence-corrected chi connectivity index (χ0v) is 21.2. The van der Waals surface area contributed by atoms with Gasteiger partial charge in [0.15, 0.2) is 10.8 Å². The van der Waals surface area contributed by atoms with Gasteiger partial charge in [-0.15, -0.1) is 0 Å². The normalized spacial score (nSPS) is 23.3. The van der Waals surface area contributed by atoms with E-state index in [4.69, 9.17) is 40.2 Å². The largest absolute Gasteiger partial charge is 0.467 e. The van der Waals surface area contributed by atoms with Gasteiger partial charge in [-0.2, -0.15) is 0 Å². The third kappa shape index (κ3) is 3.97. The average molecular weight is 563 g/mol. The van der Waals surface area contributed by atoms with Crippen molar-refractivity contribution in [2.75, 3.05) is 10.2 Å². The van der Waals surface area contributed by atoms with Crippen molar-refractivity contribution in [3.8, 4) is 5.75 Å². The third-order valence-corrected chi connectivity index (χ3v) is 7.20. The summed E-state index contributed by atoms with van der Waals surface area (Å²) in [6, 6.07) is 19.7. The fourth-order valence-corrected chi connectivity index (χ4v) is 5.61. The number of thiocarbonyl (C=S) groups is 1. The van der Waals surface area contributed by atoms with Gasteiger partial charge in [0.1, 0.15) is 11.7 Å². The van der Waals surface area contributed by atoms with Crippen molar-refractivity contribution in [1.82, 2.24) is 5.32 Å². The van der Waals surface area contributed by atoms with Crippen LogP contribution >= 0.6 is 51.3 Å². The van der Waals surface area contributed by atoms with E-state index in [0.29, 0.717) is 26.6 Å². The van der Waals surface area contributed by atoms with Gasteiger partial charge in [0, 0.05) is 31.5 Å². The Morgan fingerprint density at radius 3 is 2.61 bits per heavy atom. The van der Waals surface area contributed by atoms with Crippen molar-refractivity contribution < 1.29 is 9.53 Å². The first-order valence-corrected chi connectivity index (χ1v) is 12.1. The minimum Gasteiger partial charge on any atom is -0.467 e. The van der Waals surface area contributed by atoms with Gasteiger partial charge in [0.05, 0.1) is 6.04 Å². The number of carbonyl (C=O) groups excluding carboxylic acids is 1. The van der Waals surface area contributed by atoms with E-state index in [-0.39, 0.29) is 5.91 Å². The number of rotatable bonds is 3. The van der Waals surface area contributed by atoms with Crippen molar-refractivity contribution in [2.24, 2.45) is 5.92 Å². The first kappa shape index (κ1) is 22.5. The van der Waals surface area contributed by atoms with Gasteiger partial charge < -0.3 is 15.4 Å². The molecule has 1 fully saturated rings. The summed E-state index contributed by atoms with van der Waals surface area (Å²) in [4.78, 5) is 15.6. The Kier molecular flexibility index (Phi) is 5.77. The number of fused-ring (bicyclic) bond motifs is 4. The Morgan fingerprint density at radius 2 is 1.88 bits per heavy atom. The van der Waals surface area contributed by atoms with E-state index in [2.05, 4.69) is 26.6 Å². The SMILES string of the molecule is C[C@@]12Oc3ccc(Br)cc3[C@H](NC(=S)N1c1cccc(Cl)c1)[C@@H]2C(=O)Nc1ccc(Cl)cc1. The van der Waals surface area contributed by atoms with E-state index >= 15 is 0 Å². The molecule has 2 heterocycles. The molecule has 0 aromatic heterocycles. The molecule has 9 heteroatoms. The molecule has 2 N–H and O–H groups in total. The Balaban J connectivity index is 1.63. The van der Waals surface area contributed by atoms with Crippen molar-refractivity contribution in [3.63, 3.8) is 0 Å². The second kappa shape index (κ2) is 8.47. The predicted octanol–water partition coefficient (Wildman–Crippen LogP) is 6.56. The zero-order chi connectivity index (χ0) is 23.3. The molecule has 168 valence electrons. The summed E-state index contributed by atoms with van der Waals surface area (Å²) in [5.41, 5.74) is 1.11. The fraction of sp³-hybridized carbons (Fsp3) is 0.167. The second-order valence-corrected chi connectivity index (χ2v) is 10.2. The standard InChI is InChI=1S/C24H18BrCl2N3O2S/c1-24-20(22(31)28-16-8-6-14(26)7-9-16)21(18-11-13(25)5-10-19(18)32-24)29-23(33)30(24)17-4-2-3-15(27)12-17/h2-12,20-21H,1H3,(H,28,31)(H,29,33)/t20-,21+,24+/m1/s1. The summed E-state index contributed by atoms with van der Waals surface area (Å²) in [5, 5.41) is 7.99. The van der Waals surface area contributed by atoms with E-state index in [1.165, 1.54) is 0 Å². The summed E-state index contributed by atoms with van der Waals surface area (Å²) in [6.45, 7) is 1.88. The van der Waals surface area contributed by atoms with Gasteiger partial charge in [-0.25, -0.2) is 0 Å². The summed E-state index contributed by atoms with van der Waals surface area (Å²) in [7, 11) is 0. The van der Waals surface area contributed by atoms with Crippen LogP contribution in [-0.2, 0) is 4.79 Å². The Hall–Kier alpha value is -2.32. The van der Waals surface area contributed by atoms with Crippen LogP contribution in [-0.4, -0.2) is 16.7 Å². The molecule has 1 amide bonds. The number of nitrogens with zero attached hydrogens (tertiary/aromatic N) is 1. The highest BCUT2D eigenvalue weighted by Crippen LogP contribution is 2.50. The number of benzene rings is 3. The van der Waals surface area contributed by atoms with Gasteiger partial charge in [-0.3, -0.25) is 9.69 Å². The molecule has 0 radical (unpaired) electrons. The van der Waals surface area contributed by atoms with Gasteiger partial charge in [-0.1, -0.05) is 45.2 Å². The van der Waals surface area contributed by atoms with Crippen LogP contribution in [0.3, 0.4) is 0 Å². The van der Waals surface area contributed by atoms with Gasteiger partial charge in [0.2, 0.25) is 5.91 Å². The summed E-state index contributed by atoms with van der Waals surface area (Å²) in [6.07, 6.45) is 0. The van der Waals surface area contributed by atoms with Crippen LogP contribution < -0.4 is 20.3 Å². The molecule has 2 aliphatic heterocycles. The predicted molar refractivity (Wildman–Crippen MR) is 139 cm³/mol. The molecule has 0 saturated carbocycles. The van der Waals surface area contributed by atoms with Crippen molar-refractivity contribution in [2.45, 2.75) is 18.7 Å². The monoisotopic (exact) mass is 561 g/mol. The molecule has 3 aromatic rings. The lowest BCUT2D eigenvalue weighted by Crippen LogP contribution is -2.72. The van der Waals surface area contributed by atoms with Crippen LogP contribution in [0, 0.1) is 5.92 Å². The number of anilines is 2. The van der Waals surface area contributed by atoms with E-state index in [1.807, 2.05) is 42.2 Å². The van der Waals surface area contributed by atoms with Crippen LogP contribution in [0.15, 0.2) is 71.2 Å². The lowest BCUT2D eigenvalue weighted by atomic mass is 9.78. The topological polar surface area (TPSA) is 53.6 Å². The number of hydrogen-bond acceptors (Lipinski definition) is 3. The molecule has 0 aliphatic carbocycles.